The number of rotatable bonds is 7. The van der Waals surface area contributed by atoms with Crippen LogP contribution >= 0.6 is 0 Å². The maximum absolute atomic E-state index is 13.4. The van der Waals surface area contributed by atoms with Crippen molar-refractivity contribution in [1.82, 2.24) is 14.2 Å². The van der Waals surface area contributed by atoms with Gasteiger partial charge in [0.1, 0.15) is 0 Å². The molecule has 1 amide bonds. The Bertz CT molecular complexity index is 1140. The number of pyridine rings is 1. The highest BCUT2D eigenvalue weighted by Gasteiger charge is 2.40. The number of carbonyl (C=O) groups excluding carboxylic acids is 1. The number of hydrogen-bond acceptors (Lipinski definition) is 6. The Morgan fingerprint density at radius 1 is 1.13 bits per heavy atom. The fraction of sp³-hybridized carbons (Fsp3) is 0.455. The molecule has 0 spiro atoms. The molecule has 0 aliphatic carbocycles. The van der Waals surface area contributed by atoms with Gasteiger partial charge in [0.2, 0.25) is 15.9 Å². The molecule has 1 aromatic heterocycles. The van der Waals surface area contributed by atoms with Gasteiger partial charge < -0.3 is 4.90 Å². The van der Waals surface area contributed by atoms with Crippen molar-refractivity contribution in [3.63, 3.8) is 0 Å². The summed E-state index contributed by atoms with van der Waals surface area (Å²) in [6.45, 7) is 1.56. The normalized spacial score (nSPS) is 18.5. The maximum Gasteiger partial charge on any atom is 0.243 e. The highest BCUT2D eigenvalue weighted by Crippen LogP contribution is 2.37. The van der Waals surface area contributed by atoms with Crippen molar-refractivity contribution < 1.29 is 13.2 Å². The van der Waals surface area contributed by atoms with Crippen molar-refractivity contribution in [2.24, 2.45) is 10.2 Å². The standard InChI is InChI=1S/C22H25N5O3S/c1-2-3-10-22(24-25-22)11-8-21(28)26-13-5-14-27(16-15-26)31(29,30)20-7-4-6-18-17-23-12-9-19(18)20/h1,4,6-7,9,12,17H,3,5,8,10-11,13-16H2. The highest BCUT2D eigenvalue weighted by molar-refractivity contribution is 7.89. The Balaban J connectivity index is 1.40. The molecule has 162 valence electrons. The van der Waals surface area contributed by atoms with Crippen molar-refractivity contribution >= 4 is 26.7 Å². The second-order valence-electron chi connectivity index (χ2n) is 7.88. The number of nitrogens with zero attached hydrogens (tertiary/aromatic N) is 5. The number of carbonyl (C=O) groups is 1. The second kappa shape index (κ2) is 8.73. The van der Waals surface area contributed by atoms with Crippen LogP contribution in [0.1, 0.15) is 32.1 Å². The molecular weight excluding hydrogens is 414 g/mol. The molecule has 9 heteroatoms. The largest absolute Gasteiger partial charge is 0.341 e. The summed E-state index contributed by atoms with van der Waals surface area (Å²) in [6.07, 6.45) is 11.3. The SMILES string of the molecule is C#CCCC1(CCC(=O)N2CCCN(S(=O)(=O)c3cccc4cnccc34)CC2)N=N1. The Kier molecular flexibility index (Phi) is 6.03. The van der Waals surface area contributed by atoms with Crippen molar-refractivity contribution in [3.05, 3.63) is 36.7 Å². The quantitative estimate of drug-likeness (QED) is 0.620. The summed E-state index contributed by atoms with van der Waals surface area (Å²) >= 11 is 0. The van der Waals surface area contributed by atoms with E-state index in [4.69, 9.17) is 6.42 Å². The number of aromatic nitrogens is 1. The zero-order valence-corrected chi connectivity index (χ0v) is 18.1. The minimum absolute atomic E-state index is 0.00728. The first-order valence-corrected chi connectivity index (χ1v) is 11.9. The third-order valence-electron chi connectivity index (χ3n) is 5.86. The number of benzene rings is 1. The maximum atomic E-state index is 13.4. The Labute approximate surface area is 182 Å². The Morgan fingerprint density at radius 2 is 1.97 bits per heavy atom. The number of terminal acetylenes is 1. The molecule has 3 heterocycles. The third-order valence-corrected chi connectivity index (χ3v) is 7.81. The van der Waals surface area contributed by atoms with E-state index in [2.05, 4.69) is 21.1 Å². The van der Waals surface area contributed by atoms with E-state index >= 15 is 0 Å². The average molecular weight is 440 g/mol. The number of sulfonamides is 1. The van der Waals surface area contributed by atoms with Crippen molar-refractivity contribution in [2.45, 2.75) is 42.7 Å². The molecular formula is C22H25N5O3S. The summed E-state index contributed by atoms with van der Waals surface area (Å²) in [7, 11) is -3.68. The van der Waals surface area contributed by atoms with Crippen LogP contribution in [0.4, 0.5) is 0 Å². The summed E-state index contributed by atoms with van der Waals surface area (Å²) in [4.78, 5) is 18.8. The lowest BCUT2D eigenvalue weighted by Crippen LogP contribution is -2.37. The molecule has 0 atom stereocenters. The summed E-state index contributed by atoms with van der Waals surface area (Å²) < 4.78 is 28.2. The molecule has 1 aromatic carbocycles. The van der Waals surface area contributed by atoms with E-state index < -0.39 is 15.7 Å². The smallest absolute Gasteiger partial charge is 0.243 e. The predicted molar refractivity (Wildman–Crippen MR) is 117 cm³/mol. The summed E-state index contributed by atoms with van der Waals surface area (Å²) in [5, 5.41) is 9.59. The van der Waals surface area contributed by atoms with Crippen LogP contribution in [-0.4, -0.2) is 60.4 Å². The van der Waals surface area contributed by atoms with E-state index in [1.54, 1.807) is 35.5 Å². The van der Waals surface area contributed by atoms with E-state index in [0.717, 1.165) is 5.39 Å². The van der Waals surface area contributed by atoms with Gasteiger partial charge in [-0.2, -0.15) is 14.5 Å². The van der Waals surface area contributed by atoms with Crippen LogP contribution in [-0.2, 0) is 14.8 Å². The first-order chi connectivity index (χ1) is 15.0. The number of amides is 1. The van der Waals surface area contributed by atoms with Gasteiger partial charge in [-0.1, -0.05) is 12.1 Å². The van der Waals surface area contributed by atoms with Gasteiger partial charge >= 0.3 is 0 Å². The van der Waals surface area contributed by atoms with Crippen LogP contribution in [0.15, 0.2) is 51.8 Å². The third kappa shape index (κ3) is 4.60. The zero-order valence-electron chi connectivity index (χ0n) is 17.3. The van der Waals surface area contributed by atoms with Gasteiger partial charge in [-0.25, -0.2) is 8.42 Å². The van der Waals surface area contributed by atoms with Crippen LogP contribution in [0, 0.1) is 12.3 Å². The molecule has 8 nitrogen and oxygen atoms in total. The van der Waals surface area contributed by atoms with Crippen LogP contribution in [0.2, 0.25) is 0 Å². The van der Waals surface area contributed by atoms with Gasteiger partial charge in [0.05, 0.1) is 4.90 Å². The Hall–Kier alpha value is -2.83. The van der Waals surface area contributed by atoms with E-state index in [1.807, 2.05) is 6.07 Å². The van der Waals surface area contributed by atoms with Gasteiger partial charge in [-0.15, -0.1) is 12.3 Å². The van der Waals surface area contributed by atoms with Gasteiger partial charge in [0.25, 0.3) is 0 Å². The monoisotopic (exact) mass is 439 g/mol. The predicted octanol–water partition coefficient (Wildman–Crippen LogP) is 2.81. The number of hydrogen-bond donors (Lipinski definition) is 0. The average Bonchev–Trinajstić information content (AvgIpc) is 3.59. The van der Waals surface area contributed by atoms with Crippen molar-refractivity contribution in [2.75, 3.05) is 26.2 Å². The van der Waals surface area contributed by atoms with Crippen molar-refractivity contribution in [3.8, 4) is 12.3 Å². The fourth-order valence-electron chi connectivity index (χ4n) is 3.97. The lowest BCUT2D eigenvalue weighted by Gasteiger charge is -2.23. The zero-order chi connectivity index (χ0) is 21.9. The van der Waals surface area contributed by atoms with E-state index in [9.17, 15) is 13.2 Å². The first kappa shape index (κ1) is 21.4. The molecule has 2 aromatic rings. The molecule has 0 radical (unpaired) electrons. The molecule has 0 bridgehead atoms. The molecule has 0 unspecified atom stereocenters. The first-order valence-electron chi connectivity index (χ1n) is 10.4. The Morgan fingerprint density at radius 3 is 2.74 bits per heavy atom. The van der Waals surface area contributed by atoms with Crippen LogP contribution in [0.5, 0.6) is 0 Å². The number of fused-ring (bicyclic) bond motifs is 1. The van der Waals surface area contributed by atoms with Gasteiger partial charge in [-0.3, -0.25) is 9.78 Å². The molecule has 1 fully saturated rings. The van der Waals surface area contributed by atoms with Crippen LogP contribution in [0.25, 0.3) is 10.8 Å². The molecule has 31 heavy (non-hydrogen) atoms. The minimum atomic E-state index is -3.68. The fourth-order valence-corrected chi connectivity index (χ4v) is 5.66. The van der Waals surface area contributed by atoms with E-state index in [-0.39, 0.29) is 17.3 Å². The van der Waals surface area contributed by atoms with Gasteiger partial charge in [0.15, 0.2) is 5.66 Å². The van der Waals surface area contributed by atoms with Gasteiger partial charge in [0, 0.05) is 75.0 Å². The van der Waals surface area contributed by atoms with Crippen molar-refractivity contribution in [1.29, 1.82) is 0 Å². The minimum Gasteiger partial charge on any atom is -0.341 e. The topological polar surface area (TPSA) is 95.3 Å². The molecule has 2 aliphatic heterocycles. The van der Waals surface area contributed by atoms with Gasteiger partial charge in [-0.05, 0) is 18.6 Å². The molecule has 0 N–H and O–H groups in total. The summed E-state index contributed by atoms with van der Waals surface area (Å²) in [5.41, 5.74) is -0.480. The lowest BCUT2D eigenvalue weighted by atomic mass is 10.0. The molecule has 4 rings (SSSR count). The highest BCUT2D eigenvalue weighted by atomic mass is 32.2. The molecule has 0 saturated carbocycles. The van der Waals surface area contributed by atoms with Crippen LogP contribution < -0.4 is 0 Å². The molecule has 2 aliphatic rings. The summed E-state index contributed by atoms with van der Waals surface area (Å²) in [6, 6.07) is 6.93. The lowest BCUT2D eigenvalue weighted by molar-refractivity contribution is -0.131. The second-order valence-corrected chi connectivity index (χ2v) is 9.78. The summed E-state index contributed by atoms with van der Waals surface area (Å²) in [5.74, 6) is 2.59. The molecule has 1 saturated heterocycles. The van der Waals surface area contributed by atoms with E-state index in [1.165, 1.54) is 4.31 Å². The van der Waals surface area contributed by atoms with E-state index in [0.29, 0.717) is 57.1 Å². The van der Waals surface area contributed by atoms with Crippen LogP contribution in [0.3, 0.4) is 0 Å².